The Bertz CT molecular complexity index is 1100. The van der Waals surface area contributed by atoms with Gasteiger partial charge in [0.15, 0.2) is 0 Å². The summed E-state index contributed by atoms with van der Waals surface area (Å²) in [5, 5.41) is 13.3. The van der Waals surface area contributed by atoms with Gasteiger partial charge in [0.05, 0.1) is 11.6 Å². The second-order valence-electron chi connectivity index (χ2n) is 9.68. The number of primary amides is 1. The van der Waals surface area contributed by atoms with Crippen molar-refractivity contribution in [1.82, 2.24) is 24.4 Å². The summed E-state index contributed by atoms with van der Waals surface area (Å²) in [5.74, 6) is 0. The van der Waals surface area contributed by atoms with Crippen LogP contribution in [0, 0.1) is 0 Å². The number of piperidine rings is 1. The molecule has 0 saturated carbocycles. The third-order valence-electron chi connectivity index (χ3n) is 6.92. The van der Waals surface area contributed by atoms with Gasteiger partial charge in [0.25, 0.3) is 0 Å². The molecule has 34 heavy (non-hydrogen) atoms. The third kappa shape index (κ3) is 4.76. The predicted octanol–water partition coefficient (Wildman–Crippen LogP) is 0.889. The first-order valence-corrected chi connectivity index (χ1v) is 11.8. The monoisotopic (exact) mass is 474 g/mol. The maximum absolute atomic E-state index is 12.9. The summed E-state index contributed by atoms with van der Waals surface area (Å²) in [6, 6.07) is 6.94. The van der Waals surface area contributed by atoms with E-state index in [1.807, 2.05) is 26.0 Å². The van der Waals surface area contributed by atoms with E-state index in [4.69, 9.17) is 10.6 Å². The van der Waals surface area contributed by atoms with Crippen LogP contribution in [-0.4, -0.2) is 80.7 Å². The predicted molar refractivity (Wildman–Crippen MR) is 126 cm³/mol. The van der Waals surface area contributed by atoms with E-state index in [1.165, 1.54) is 4.90 Å². The number of carbonyl (C=O) groups excluding carboxylic acids is 2. The first-order chi connectivity index (χ1) is 16.2. The van der Waals surface area contributed by atoms with E-state index < -0.39 is 23.9 Å². The van der Waals surface area contributed by atoms with Crippen LogP contribution in [0.15, 0.2) is 29.1 Å². The van der Waals surface area contributed by atoms with Crippen molar-refractivity contribution in [2.75, 3.05) is 20.1 Å². The Labute approximate surface area is 198 Å². The number of aromatic nitrogens is 2. The van der Waals surface area contributed by atoms with Gasteiger partial charge in [0.2, 0.25) is 0 Å². The highest BCUT2D eigenvalue weighted by Crippen LogP contribution is 2.35. The molecule has 4 atom stereocenters. The number of carbonyl (C=O) groups is 2. The minimum absolute atomic E-state index is 0.0802. The summed E-state index contributed by atoms with van der Waals surface area (Å²) in [6.45, 7) is 4.45. The van der Waals surface area contributed by atoms with Gasteiger partial charge in [0, 0.05) is 44.3 Å². The molecule has 2 saturated heterocycles. The number of nitrogens with zero attached hydrogens (tertiary/aromatic N) is 4. The fourth-order valence-corrected chi connectivity index (χ4v) is 5.40. The van der Waals surface area contributed by atoms with Crippen molar-refractivity contribution < 1.29 is 19.5 Å². The fraction of sp³-hybridized carbons (Fsp3) is 0.609. The minimum atomic E-state index is -0.694. The van der Waals surface area contributed by atoms with Crippen molar-refractivity contribution in [3.8, 4) is 0 Å². The molecule has 1 unspecified atom stereocenters. The average Bonchev–Trinajstić information content (AvgIpc) is 3.16. The number of rotatable bonds is 7. The lowest BCUT2D eigenvalue weighted by Gasteiger charge is -2.40. The molecule has 2 aromatic rings. The number of urea groups is 1. The summed E-state index contributed by atoms with van der Waals surface area (Å²) in [4.78, 5) is 45.9. The summed E-state index contributed by atoms with van der Waals surface area (Å²) in [6.07, 6.45) is 2.07. The second kappa shape index (κ2) is 9.67. The first-order valence-electron chi connectivity index (χ1n) is 11.8. The van der Waals surface area contributed by atoms with E-state index in [0.717, 1.165) is 30.4 Å². The van der Waals surface area contributed by atoms with Crippen LogP contribution >= 0.6 is 0 Å². The van der Waals surface area contributed by atoms with E-state index in [1.54, 1.807) is 23.7 Å². The standard InChI is InChI=1S/C23H34N6O5/c1-14(2)28-19-6-4-5-7-20(19)29(23(28)33)34-22(32)25-15-10-16-8-9-17(11-15)27(16)13-18(30)12-26(3)21(24)31/h4-7,14-18,30H,8-13H2,1-3H3,(H2,24,31)(H,25,32)/t15-,16-,17+,18?. The van der Waals surface area contributed by atoms with Gasteiger partial charge in [-0.3, -0.25) is 9.47 Å². The number of nitrogens with two attached hydrogens (primary N) is 1. The zero-order valence-corrected chi connectivity index (χ0v) is 19.9. The maximum atomic E-state index is 12.9. The molecule has 2 aliphatic heterocycles. The highest BCUT2D eigenvalue weighted by Gasteiger charge is 2.42. The van der Waals surface area contributed by atoms with Crippen LogP contribution in [0.25, 0.3) is 11.0 Å². The van der Waals surface area contributed by atoms with Gasteiger partial charge in [-0.15, -0.1) is 4.73 Å². The molecule has 0 radical (unpaired) electrons. The van der Waals surface area contributed by atoms with Crippen molar-refractivity contribution in [3.05, 3.63) is 34.7 Å². The smallest absolute Gasteiger partial charge is 0.390 e. The Morgan fingerprint density at radius 3 is 2.41 bits per heavy atom. The number of aliphatic hydroxyl groups is 1. The normalized spacial score (nSPS) is 23.3. The summed E-state index contributed by atoms with van der Waals surface area (Å²) < 4.78 is 2.66. The number of fused-ring (bicyclic) bond motifs is 3. The van der Waals surface area contributed by atoms with Crippen molar-refractivity contribution in [2.45, 2.75) is 69.8 Å². The van der Waals surface area contributed by atoms with Crippen LogP contribution in [0.2, 0.25) is 0 Å². The summed E-state index contributed by atoms with van der Waals surface area (Å²) >= 11 is 0. The number of nitrogens with one attached hydrogen (secondary N) is 1. The molecular weight excluding hydrogens is 440 g/mol. The van der Waals surface area contributed by atoms with E-state index in [0.29, 0.717) is 17.6 Å². The highest BCUT2D eigenvalue weighted by atomic mass is 16.7. The van der Waals surface area contributed by atoms with Gasteiger partial charge in [-0.05, 0) is 51.7 Å². The highest BCUT2D eigenvalue weighted by molar-refractivity contribution is 5.77. The van der Waals surface area contributed by atoms with Gasteiger partial charge in [-0.1, -0.05) is 12.1 Å². The van der Waals surface area contributed by atoms with E-state index >= 15 is 0 Å². The molecule has 0 aliphatic carbocycles. The Morgan fingerprint density at radius 2 is 1.82 bits per heavy atom. The van der Waals surface area contributed by atoms with E-state index in [2.05, 4.69) is 10.2 Å². The molecular formula is C23H34N6O5. The van der Waals surface area contributed by atoms with Gasteiger partial charge in [-0.25, -0.2) is 14.4 Å². The van der Waals surface area contributed by atoms with Crippen molar-refractivity contribution in [2.24, 2.45) is 5.73 Å². The second-order valence-corrected chi connectivity index (χ2v) is 9.68. The van der Waals surface area contributed by atoms with Crippen LogP contribution < -0.4 is 21.6 Å². The summed E-state index contributed by atoms with van der Waals surface area (Å²) in [5.41, 5.74) is 6.11. The van der Waals surface area contributed by atoms with Gasteiger partial charge in [0.1, 0.15) is 5.52 Å². The molecule has 186 valence electrons. The van der Waals surface area contributed by atoms with Crippen molar-refractivity contribution in [1.29, 1.82) is 0 Å². The van der Waals surface area contributed by atoms with E-state index in [-0.39, 0.29) is 30.7 Å². The Balaban J connectivity index is 1.38. The maximum Gasteiger partial charge on any atom is 0.432 e. The Hall–Kier alpha value is -3.05. The first kappa shape index (κ1) is 24.1. The molecule has 1 aromatic carbocycles. The SMILES string of the molecule is CC(C)n1c(=O)n(OC(=O)N[C@@H]2C[C@H]3CC[C@@H](C2)N3CC(O)CN(C)C(N)=O)c2ccccc21. The van der Waals surface area contributed by atoms with Crippen LogP contribution in [0.4, 0.5) is 9.59 Å². The van der Waals surface area contributed by atoms with Crippen LogP contribution in [0.3, 0.4) is 0 Å². The third-order valence-corrected chi connectivity index (χ3v) is 6.92. The number of hydrogen-bond donors (Lipinski definition) is 3. The Kier molecular flexibility index (Phi) is 6.85. The number of amides is 3. The lowest BCUT2D eigenvalue weighted by Crippen LogP contribution is -2.54. The van der Waals surface area contributed by atoms with Gasteiger partial charge in [-0.2, -0.15) is 0 Å². The molecule has 2 bridgehead atoms. The van der Waals surface area contributed by atoms with Crippen LogP contribution in [-0.2, 0) is 0 Å². The molecule has 4 rings (SSSR count). The minimum Gasteiger partial charge on any atom is -0.390 e. The summed E-state index contributed by atoms with van der Waals surface area (Å²) in [7, 11) is 1.56. The molecule has 3 amide bonds. The quantitative estimate of drug-likeness (QED) is 0.545. The molecule has 4 N–H and O–H groups in total. The fourth-order valence-electron chi connectivity index (χ4n) is 5.40. The lowest BCUT2D eigenvalue weighted by molar-refractivity contribution is 0.0409. The van der Waals surface area contributed by atoms with Gasteiger partial charge >= 0.3 is 17.8 Å². The molecule has 11 heteroatoms. The molecule has 2 fully saturated rings. The van der Waals surface area contributed by atoms with Crippen molar-refractivity contribution in [3.63, 3.8) is 0 Å². The average molecular weight is 475 g/mol. The Morgan fingerprint density at radius 1 is 1.21 bits per heavy atom. The topological polar surface area (TPSA) is 135 Å². The molecule has 3 heterocycles. The molecule has 2 aliphatic rings. The number of likely N-dealkylation sites (N-methyl/N-ethyl adjacent to an activating group) is 1. The zero-order valence-electron chi connectivity index (χ0n) is 19.9. The largest absolute Gasteiger partial charge is 0.432 e. The number of benzene rings is 1. The number of hydrogen-bond acceptors (Lipinski definition) is 6. The number of aliphatic hydroxyl groups excluding tert-OH is 1. The van der Waals surface area contributed by atoms with Crippen LogP contribution in [0.1, 0.15) is 45.6 Å². The molecule has 0 spiro atoms. The molecule has 11 nitrogen and oxygen atoms in total. The van der Waals surface area contributed by atoms with Crippen molar-refractivity contribution >= 4 is 23.2 Å². The van der Waals surface area contributed by atoms with Crippen LogP contribution in [0.5, 0.6) is 0 Å². The van der Waals surface area contributed by atoms with Gasteiger partial charge < -0.3 is 25.9 Å². The lowest BCUT2D eigenvalue weighted by atomic mass is 9.97. The van der Waals surface area contributed by atoms with E-state index in [9.17, 15) is 19.5 Å². The number of imidazole rings is 1. The molecule has 1 aromatic heterocycles. The number of para-hydroxylation sites is 2. The zero-order chi connectivity index (χ0) is 24.6.